The molecule has 0 fully saturated rings. The molecule has 1 N–H and O–H groups in total. The highest BCUT2D eigenvalue weighted by Crippen LogP contribution is 2.20. The molecule has 1 rings (SSSR count). The lowest BCUT2D eigenvalue weighted by atomic mass is 10.0. The Labute approximate surface area is 98.3 Å². The van der Waals surface area contributed by atoms with E-state index < -0.39 is 8.83 Å². The summed E-state index contributed by atoms with van der Waals surface area (Å²) in [5, 5.41) is 8.95. The van der Waals surface area contributed by atoms with Crippen molar-refractivity contribution in [2.24, 2.45) is 0 Å². The van der Waals surface area contributed by atoms with Crippen molar-refractivity contribution in [2.45, 2.75) is 18.4 Å². The van der Waals surface area contributed by atoms with E-state index in [2.05, 4.69) is 30.8 Å². The lowest BCUT2D eigenvalue weighted by molar-refractivity contribution is 0.286. The minimum absolute atomic E-state index is 0.218. The molecule has 0 saturated heterocycles. The third-order valence-corrected chi connectivity index (χ3v) is 4.84. The Bertz CT molecular complexity index is 314. The van der Waals surface area contributed by atoms with Crippen LogP contribution in [-0.4, -0.2) is 20.5 Å². The molecule has 0 aliphatic rings. The first-order valence-corrected chi connectivity index (χ1v) is 8.13. The van der Waals surface area contributed by atoms with Gasteiger partial charge in [0.15, 0.2) is 0 Å². The average Bonchev–Trinajstić information content (AvgIpc) is 2.27. The van der Waals surface area contributed by atoms with Crippen molar-refractivity contribution in [1.29, 1.82) is 0 Å². The van der Waals surface area contributed by atoms with E-state index in [4.69, 9.17) is 16.2 Å². The lowest BCUT2D eigenvalue weighted by Crippen LogP contribution is -2.06. The predicted molar refractivity (Wildman–Crippen MR) is 69.2 cm³/mol. The van der Waals surface area contributed by atoms with Gasteiger partial charge in [-0.05, 0) is 29.5 Å². The van der Waals surface area contributed by atoms with Gasteiger partial charge in [-0.3, -0.25) is 0 Å². The molecule has 0 spiro atoms. The minimum Gasteiger partial charge on any atom is -0.396 e. The van der Waals surface area contributed by atoms with E-state index in [1.165, 1.54) is 11.1 Å². The fraction of sp³-hybridized carbons (Fsp3) is 0.333. The van der Waals surface area contributed by atoms with Gasteiger partial charge in [-0.25, -0.2) is 0 Å². The molecule has 1 nitrogen and oxygen atoms in total. The van der Waals surface area contributed by atoms with E-state index in [9.17, 15) is 0 Å². The Hall–Kier alpha value is -0.573. The summed E-state index contributed by atoms with van der Waals surface area (Å²) in [6, 6.07) is 8.43. The fourth-order valence-corrected chi connectivity index (χ4v) is 3.40. The molecule has 0 radical (unpaired) electrons. The Morgan fingerprint density at radius 3 is 2.93 bits per heavy atom. The lowest BCUT2D eigenvalue weighted by Gasteiger charge is -2.13. The molecule has 1 aromatic rings. The normalized spacial score (nSPS) is 13.2. The maximum absolute atomic E-state index is 8.95. The van der Waals surface area contributed by atoms with Gasteiger partial charge in [0.25, 0.3) is 0 Å². The van der Waals surface area contributed by atoms with Crippen molar-refractivity contribution in [3.8, 4) is 0 Å². The van der Waals surface area contributed by atoms with Crippen LogP contribution in [0, 0.1) is 0 Å². The van der Waals surface area contributed by atoms with Gasteiger partial charge in [0.05, 0.1) is 0 Å². The molecule has 0 saturated carbocycles. The molecule has 15 heavy (non-hydrogen) atoms. The molecule has 1 unspecified atom stereocenters. The molecular weight excluding hydrogens is 224 g/mol. The van der Waals surface area contributed by atoms with Gasteiger partial charge < -0.3 is 5.11 Å². The number of hydrogen-bond donors (Lipinski definition) is 1. The molecule has 1 aromatic carbocycles. The second-order valence-electron chi connectivity index (χ2n) is 3.60. The first-order chi connectivity index (χ1) is 7.31. The van der Waals surface area contributed by atoms with E-state index in [1.54, 1.807) is 0 Å². The second kappa shape index (κ2) is 6.83. The van der Waals surface area contributed by atoms with Crippen LogP contribution >= 0.6 is 11.1 Å². The van der Waals surface area contributed by atoms with E-state index in [1.807, 2.05) is 6.08 Å². The molecule has 0 aliphatic heterocycles. The third kappa shape index (κ3) is 3.82. The van der Waals surface area contributed by atoms with Crippen LogP contribution in [0.3, 0.4) is 0 Å². The van der Waals surface area contributed by atoms with Crippen LogP contribution < -0.4 is 0 Å². The number of aliphatic hydroxyl groups is 1. The van der Waals surface area contributed by atoms with Gasteiger partial charge in [0.1, 0.15) is 8.83 Å². The molecule has 0 aliphatic carbocycles. The monoisotopic (exact) mass is 240 g/mol. The number of benzene rings is 1. The summed E-state index contributed by atoms with van der Waals surface area (Å²) in [6.45, 7) is 3.95. The molecule has 0 amide bonds. The fourth-order valence-electron chi connectivity index (χ4n) is 1.63. The van der Waals surface area contributed by atoms with Crippen LogP contribution in [0.4, 0.5) is 0 Å². The minimum atomic E-state index is -0.625. The Kier molecular flexibility index (Phi) is 5.69. The first kappa shape index (κ1) is 12.5. The maximum Gasteiger partial charge on any atom is 0.132 e. The zero-order valence-corrected chi connectivity index (χ0v) is 11.0. The van der Waals surface area contributed by atoms with Gasteiger partial charge in [0, 0.05) is 6.61 Å². The summed E-state index contributed by atoms with van der Waals surface area (Å²) in [5.41, 5.74) is 2.93. The maximum atomic E-state index is 8.95. The van der Waals surface area contributed by atoms with Crippen molar-refractivity contribution >= 4 is 19.9 Å². The largest absolute Gasteiger partial charge is 0.396 e. The van der Waals surface area contributed by atoms with Gasteiger partial charge in [-0.15, -0.1) is 6.58 Å². The van der Waals surface area contributed by atoms with Crippen LogP contribution in [0.2, 0.25) is 0 Å². The van der Waals surface area contributed by atoms with E-state index in [-0.39, 0.29) is 6.61 Å². The quantitative estimate of drug-likeness (QED) is 0.459. The van der Waals surface area contributed by atoms with Crippen LogP contribution in [-0.2, 0) is 6.42 Å². The van der Waals surface area contributed by atoms with Crippen LogP contribution in [0.25, 0.3) is 0 Å². The van der Waals surface area contributed by atoms with Gasteiger partial charge >= 0.3 is 0 Å². The van der Waals surface area contributed by atoms with Crippen LogP contribution in [0.5, 0.6) is 0 Å². The summed E-state index contributed by atoms with van der Waals surface area (Å²) in [6.07, 6.45) is 3.58. The van der Waals surface area contributed by atoms with Crippen molar-refractivity contribution in [3.63, 3.8) is 0 Å². The van der Waals surface area contributed by atoms with Gasteiger partial charge in [-0.2, -0.15) is 11.1 Å². The van der Waals surface area contributed by atoms with Gasteiger partial charge in [-0.1, -0.05) is 30.3 Å². The van der Waals surface area contributed by atoms with Crippen molar-refractivity contribution in [2.75, 3.05) is 6.61 Å². The Morgan fingerprint density at radius 2 is 2.33 bits per heavy atom. The molecule has 3 heteroatoms. The standard InChI is InChI=1S/C12H17ClOSi/c1-2-4-10-5-3-6-11(9-10)12(15-13)7-8-14/h2-3,5-6,9,12,14H,1,4,7-8,15H2. The number of allylic oxidation sites excluding steroid dienone is 1. The van der Waals surface area contributed by atoms with E-state index in [0.717, 1.165) is 12.8 Å². The topological polar surface area (TPSA) is 20.2 Å². The summed E-state index contributed by atoms with van der Waals surface area (Å²) < 4.78 is 0. The number of rotatable bonds is 6. The van der Waals surface area contributed by atoms with Crippen molar-refractivity contribution in [3.05, 3.63) is 48.0 Å². The highest BCUT2D eigenvalue weighted by molar-refractivity contribution is 6.94. The highest BCUT2D eigenvalue weighted by atomic mass is 35.6. The SMILES string of the molecule is C=CCc1cccc(C(CCO)[SiH2]Cl)c1. The molecule has 1 atom stereocenters. The summed E-state index contributed by atoms with van der Waals surface area (Å²) in [5.74, 6) is 0. The summed E-state index contributed by atoms with van der Waals surface area (Å²) in [4.78, 5) is 0. The smallest absolute Gasteiger partial charge is 0.132 e. The first-order valence-electron chi connectivity index (χ1n) is 5.18. The summed E-state index contributed by atoms with van der Waals surface area (Å²) >= 11 is 6.02. The van der Waals surface area contributed by atoms with Crippen LogP contribution in [0.15, 0.2) is 36.9 Å². The molecule has 82 valence electrons. The molecular formula is C12H17ClOSi. The number of hydrogen-bond acceptors (Lipinski definition) is 1. The average molecular weight is 241 g/mol. The predicted octanol–water partition coefficient (Wildman–Crippen LogP) is 2.16. The zero-order chi connectivity index (χ0) is 11.1. The number of halogens is 1. The Balaban J connectivity index is 2.81. The van der Waals surface area contributed by atoms with E-state index in [0.29, 0.717) is 5.54 Å². The number of aliphatic hydroxyl groups excluding tert-OH is 1. The molecule has 0 heterocycles. The molecule has 0 aromatic heterocycles. The zero-order valence-electron chi connectivity index (χ0n) is 8.82. The molecule has 0 bridgehead atoms. The van der Waals surface area contributed by atoms with Crippen molar-refractivity contribution in [1.82, 2.24) is 0 Å². The van der Waals surface area contributed by atoms with Crippen molar-refractivity contribution < 1.29 is 5.11 Å². The second-order valence-corrected chi connectivity index (χ2v) is 5.82. The highest BCUT2D eigenvalue weighted by Gasteiger charge is 2.10. The summed E-state index contributed by atoms with van der Waals surface area (Å²) in [7, 11) is -0.625. The Morgan fingerprint density at radius 1 is 1.53 bits per heavy atom. The third-order valence-electron chi connectivity index (χ3n) is 2.47. The van der Waals surface area contributed by atoms with Gasteiger partial charge in [0.2, 0.25) is 0 Å². The van der Waals surface area contributed by atoms with E-state index >= 15 is 0 Å². The van der Waals surface area contributed by atoms with Crippen LogP contribution in [0.1, 0.15) is 23.1 Å².